The largest absolute Gasteiger partial charge is 0.253 e. The standard InChI is InChI=1S/C3H2BF3/c4-2(1-5)3(6)7/h1,3H. The third-order valence-corrected chi connectivity index (χ3v) is 0.378. The van der Waals surface area contributed by atoms with Gasteiger partial charge in [0.25, 0.3) is 6.43 Å². The molecule has 0 rings (SSSR count). The second-order valence-corrected chi connectivity index (χ2v) is 0.910. The predicted molar refractivity (Wildman–Crippen MR) is 20.9 cm³/mol. The summed E-state index contributed by atoms with van der Waals surface area (Å²) in [5.74, 6) is 0. The normalized spacial score (nSPS) is 12.9. The van der Waals surface area contributed by atoms with Gasteiger partial charge in [-0.05, 0) is 5.47 Å². The van der Waals surface area contributed by atoms with Crippen molar-refractivity contribution in [3.8, 4) is 0 Å². The van der Waals surface area contributed by atoms with E-state index in [1.54, 1.807) is 0 Å². The smallest absolute Gasteiger partial charge is 0.216 e. The lowest BCUT2D eigenvalue weighted by molar-refractivity contribution is 0.197. The van der Waals surface area contributed by atoms with E-state index < -0.39 is 11.9 Å². The Labute approximate surface area is 40.4 Å². The zero-order chi connectivity index (χ0) is 5.86. The van der Waals surface area contributed by atoms with Gasteiger partial charge in [0.05, 0.1) is 6.33 Å². The molecule has 0 amide bonds. The summed E-state index contributed by atoms with van der Waals surface area (Å²) in [7, 11) is 4.35. The fourth-order valence-corrected chi connectivity index (χ4v) is 0.0476. The van der Waals surface area contributed by atoms with Crippen LogP contribution in [-0.2, 0) is 0 Å². The van der Waals surface area contributed by atoms with Crippen LogP contribution < -0.4 is 0 Å². The SMILES string of the molecule is [B]C(=CF)C(F)F. The molecule has 2 radical (unpaired) electrons. The number of hydrogen-bond donors (Lipinski definition) is 0. The molecule has 0 aromatic heterocycles. The van der Waals surface area contributed by atoms with Gasteiger partial charge in [0.1, 0.15) is 7.85 Å². The zero-order valence-electron chi connectivity index (χ0n) is 3.37. The molecule has 0 bridgehead atoms. The van der Waals surface area contributed by atoms with Crippen LogP contribution in [0.1, 0.15) is 0 Å². The lowest BCUT2D eigenvalue weighted by Crippen LogP contribution is -1.93. The van der Waals surface area contributed by atoms with Gasteiger partial charge in [0, 0.05) is 0 Å². The van der Waals surface area contributed by atoms with Gasteiger partial charge in [-0.15, -0.1) is 0 Å². The molecule has 0 aromatic rings. The minimum absolute atomic E-state index is 0.315. The van der Waals surface area contributed by atoms with Crippen molar-refractivity contribution in [1.29, 1.82) is 0 Å². The number of allylic oxidation sites excluding steroid dienone is 1. The van der Waals surface area contributed by atoms with E-state index in [0.717, 1.165) is 0 Å². The van der Waals surface area contributed by atoms with Gasteiger partial charge >= 0.3 is 0 Å². The van der Waals surface area contributed by atoms with E-state index in [-0.39, 0.29) is 6.33 Å². The summed E-state index contributed by atoms with van der Waals surface area (Å²) in [5.41, 5.74) is -1.03. The summed E-state index contributed by atoms with van der Waals surface area (Å²) < 4.78 is 32.9. The molecule has 0 saturated heterocycles. The average molecular weight is 106 g/mol. The Balaban J connectivity index is 3.56. The first-order valence-electron chi connectivity index (χ1n) is 1.52. The molecule has 0 spiro atoms. The molecule has 0 aliphatic carbocycles. The molecule has 0 heterocycles. The molecule has 4 heteroatoms. The molecular formula is C3H2BF3. The van der Waals surface area contributed by atoms with E-state index in [2.05, 4.69) is 7.85 Å². The fourth-order valence-electron chi connectivity index (χ4n) is 0.0476. The van der Waals surface area contributed by atoms with Crippen molar-refractivity contribution in [2.24, 2.45) is 0 Å². The molecule has 0 nitrogen and oxygen atoms in total. The lowest BCUT2D eigenvalue weighted by atomic mass is 9.99. The Morgan fingerprint density at radius 2 is 2.00 bits per heavy atom. The summed E-state index contributed by atoms with van der Waals surface area (Å²) in [6.45, 7) is 0. The molecule has 0 N–H and O–H groups in total. The maximum atomic E-state index is 11.0. The third-order valence-electron chi connectivity index (χ3n) is 0.378. The van der Waals surface area contributed by atoms with E-state index in [4.69, 9.17) is 0 Å². The Morgan fingerprint density at radius 1 is 1.57 bits per heavy atom. The number of halogens is 3. The Bertz CT molecular complexity index is 78.2. The monoisotopic (exact) mass is 106 g/mol. The highest BCUT2D eigenvalue weighted by atomic mass is 19.3. The van der Waals surface area contributed by atoms with Crippen LogP contribution in [0.4, 0.5) is 13.2 Å². The maximum Gasteiger partial charge on any atom is 0.253 e. The van der Waals surface area contributed by atoms with E-state index >= 15 is 0 Å². The molecule has 0 atom stereocenters. The Kier molecular flexibility index (Phi) is 2.56. The second kappa shape index (κ2) is 2.72. The van der Waals surface area contributed by atoms with Crippen LogP contribution in [0.25, 0.3) is 0 Å². The first-order valence-corrected chi connectivity index (χ1v) is 1.52. The van der Waals surface area contributed by atoms with Crippen LogP contribution in [0.2, 0.25) is 0 Å². The van der Waals surface area contributed by atoms with Crippen LogP contribution in [0.15, 0.2) is 11.8 Å². The second-order valence-electron chi connectivity index (χ2n) is 0.910. The summed E-state index contributed by atoms with van der Waals surface area (Å²) in [6, 6.07) is 0. The van der Waals surface area contributed by atoms with Gasteiger partial charge < -0.3 is 0 Å². The molecular weight excluding hydrogens is 104 g/mol. The minimum atomic E-state index is -2.87. The van der Waals surface area contributed by atoms with Crippen LogP contribution in [0.3, 0.4) is 0 Å². The van der Waals surface area contributed by atoms with E-state index in [9.17, 15) is 13.2 Å². The van der Waals surface area contributed by atoms with Crippen molar-refractivity contribution >= 4 is 7.85 Å². The molecule has 0 aromatic carbocycles. The molecule has 0 fully saturated rings. The highest BCUT2D eigenvalue weighted by Crippen LogP contribution is 2.02. The molecule has 0 unspecified atom stereocenters. The number of hydrogen-bond acceptors (Lipinski definition) is 0. The van der Waals surface area contributed by atoms with Crippen LogP contribution in [-0.4, -0.2) is 14.3 Å². The molecule has 38 valence electrons. The number of alkyl halides is 2. The summed E-state index contributed by atoms with van der Waals surface area (Å²) in [5, 5.41) is 0. The number of rotatable bonds is 1. The first kappa shape index (κ1) is 6.59. The average Bonchev–Trinajstić information content (AvgIpc) is 1.65. The van der Waals surface area contributed by atoms with Crippen LogP contribution in [0, 0.1) is 0 Å². The summed E-state index contributed by atoms with van der Waals surface area (Å²) in [4.78, 5) is 0. The third kappa shape index (κ3) is 2.31. The van der Waals surface area contributed by atoms with Crippen molar-refractivity contribution in [3.05, 3.63) is 11.8 Å². The van der Waals surface area contributed by atoms with Crippen molar-refractivity contribution < 1.29 is 13.2 Å². The molecule has 0 saturated carbocycles. The highest BCUT2D eigenvalue weighted by Gasteiger charge is 2.01. The Hall–Kier alpha value is -0.405. The minimum Gasteiger partial charge on any atom is -0.216 e. The highest BCUT2D eigenvalue weighted by molar-refractivity contribution is 6.21. The van der Waals surface area contributed by atoms with E-state index in [1.807, 2.05) is 0 Å². The van der Waals surface area contributed by atoms with Crippen molar-refractivity contribution in [3.63, 3.8) is 0 Å². The molecule has 0 aliphatic heterocycles. The van der Waals surface area contributed by atoms with Gasteiger partial charge in [0.15, 0.2) is 0 Å². The summed E-state index contributed by atoms with van der Waals surface area (Å²) >= 11 is 0. The van der Waals surface area contributed by atoms with E-state index in [0.29, 0.717) is 0 Å². The quantitative estimate of drug-likeness (QED) is 0.441. The summed E-state index contributed by atoms with van der Waals surface area (Å²) in [6.07, 6.45) is -3.19. The van der Waals surface area contributed by atoms with Gasteiger partial charge in [-0.1, -0.05) is 0 Å². The van der Waals surface area contributed by atoms with Gasteiger partial charge in [-0.3, -0.25) is 0 Å². The van der Waals surface area contributed by atoms with Crippen molar-refractivity contribution in [2.45, 2.75) is 6.43 Å². The van der Waals surface area contributed by atoms with Crippen molar-refractivity contribution in [1.82, 2.24) is 0 Å². The lowest BCUT2D eigenvalue weighted by Gasteiger charge is -1.90. The molecule has 7 heavy (non-hydrogen) atoms. The van der Waals surface area contributed by atoms with Crippen LogP contribution >= 0.6 is 0 Å². The predicted octanol–water partition coefficient (Wildman–Crippen LogP) is 1.23. The zero-order valence-corrected chi connectivity index (χ0v) is 3.37. The maximum absolute atomic E-state index is 11.0. The Morgan fingerprint density at radius 3 is 2.00 bits per heavy atom. The van der Waals surface area contributed by atoms with Gasteiger partial charge in [-0.25, -0.2) is 13.2 Å². The molecule has 0 aliphatic rings. The van der Waals surface area contributed by atoms with Gasteiger partial charge in [-0.2, -0.15) is 0 Å². The fraction of sp³-hybridized carbons (Fsp3) is 0.333. The first-order chi connectivity index (χ1) is 3.18. The van der Waals surface area contributed by atoms with Crippen molar-refractivity contribution in [2.75, 3.05) is 0 Å². The van der Waals surface area contributed by atoms with Gasteiger partial charge in [0.2, 0.25) is 0 Å². The van der Waals surface area contributed by atoms with Crippen LogP contribution in [0.5, 0.6) is 0 Å². The topological polar surface area (TPSA) is 0 Å². The van der Waals surface area contributed by atoms with E-state index in [1.165, 1.54) is 0 Å².